The van der Waals surface area contributed by atoms with E-state index in [0.717, 1.165) is 11.3 Å². The van der Waals surface area contributed by atoms with Crippen LogP contribution in [-0.2, 0) is 16.1 Å². The first kappa shape index (κ1) is 20.4. The Morgan fingerprint density at radius 1 is 1.42 bits per heavy atom. The number of amides is 1. The van der Waals surface area contributed by atoms with Gasteiger partial charge in [-0.15, -0.1) is 24.8 Å². The van der Waals surface area contributed by atoms with Crippen LogP contribution in [0.1, 0.15) is 11.3 Å². The lowest BCUT2D eigenvalue weighted by Crippen LogP contribution is -2.35. The summed E-state index contributed by atoms with van der Waals surface area (Å²) in [5, 5.41) is 5.79. The van der Waals surface area contributed by atoms with Crippen LogP contribution in [0.4, 0.5) is 0 Å². The fourth-order valence-corrected chi connectivity index (χ4v) is 1.32. The molecule has 0 saturated heterocycles. The van der Waals surface area contributed by atoms with Crippen molar-refractivity contribution in [1.29, 1.82) is 0 Å². The minimum absolute atomic E-state index is 0. The van der Waals surface area contributed by atoms with Crippen molar-refractivity contribution in [2.45, 2.75) is 13.5 Å². The first-order chi connectivity index (χ1) is 8.24. The largest absolute Gasteiger partial charge is 0.383 e. The molecule has 1 rings (SSSR count). The predicted octanol–water partition coefficient (Wildman–Crippen LogP) is 1.09. The summed E-state index contributed by atoms with van der Waals surface area (Å²) in [4.78, 5) is 15.7. The Kier molecular flexibility index (Phi) is 13.1. The van der Waals surface area contributed by atoms with Gasteiger partial charge in [0.15, 0.2) is 0 Å². The Bertz CT molecular complexity index is 365. The highest BCUT2D eigenvalue weighted by molar-refractivity contribution is 5.85. The minimum Gasteiger partial charge on any atom is -0.383 e. The summed E-state index contributed by atoms with van der Waals surface area (Å²) in [6, 6.07) is 3.86. The molecule has 5 nitrogen and oxygen atoms in total. The fraction of sp³-hybridized carbons (Fsp3) is 0.500. The van der Waals surface area contributed by atoms with Crippen LogP contribution in [0.15, 0.2) is 18.3 Å². The number of methoxy groups -OCH3 is 1. The van der Waals surface area contributed by atoms with Crippen molar-refractivity contribution < 1.29 is 9.53 Å². The highest BCUT2D eigenvalue weighted by atomic mass is 35.5. The second kappa shape index (κ2) is 12.2. The molecule has 0 aliphatic rings. The van der Waals surface area contributed by atoms with E-state index in [-0.39, 0.29) is 30.7 Å². The average molecular weight is 310 g/mol. The van der Waals surface area contributed by atoms with Gasteiger partial charge < -0.3 is 15.4 Å². The molecule has 1 heterocycles. The molecule has 0 saturated carbocycles. The monoisotopic (exact) mass is 309 g/mol. The molecular formula is C12H21Cl2N3O2. The third kappa shape index (κ3) is 8.77. The van der Waals surface area contributed by atoms with E-state index in [1.165, 1.54) is 0 Å². The standard InChI is InChI=1S/C12H19N3O2.2ClH/c1-10-4-3-5-14-11(10)8-15-12(16)9-13-6-7-17-2;;/h3-5,13H,6-9H2,1-2H3,(H,15,16);2*1H. The molecule has 0 bridgehead atoms. The summed E-state index contributed by atoms with van der Waals surface area (Å²) in [7, 11) is 1.63. The van der Waals surface area contributed by atoms with E-state index in [2.05, 4.69) is 15.6 Å². The molecule has 19 heavy (non-hydrogen) atoms. The second-order valence-electron chi connectivity index (χ2n) is 3.71. The molecule has 1 aromatic heterocycles. The zero-order valence-electron chi connectivity index (χ0n) is 11.1. The Morgan fingerprint density at radius 3 is 2.79 bits per heavy atom. The van der Waals surface area contributed by atoms with Crippen LogP contribution in [-0.4, -0.2) is 37.7 Å². The molecule has 110 valence electrons. The van der Waals surface area contributed by atoms with Gasteiger partial charge in [0.2, 0.25) is 5.91 Å². The molecule has 7 heteroatoms. The number of hydrogen-bond acceptors (Lipinski definition) is 4. The van der Waals surface area contributed by atoms with E-state index in [9.17, 15) is 4.79 Å². The fourth-order valence-electron chi connectivity index (χ4n) is 1.32. The molecule has 0 aliphatic carbocycles. The van der Waals surface area contributed by atoms with Crippen LogP contribution >= 0.6 is 24.8 Å². The van der Waals surface area contributed by atoms with Crippen molar-refractivity contribution in [1.82, 2.24) is 15.6 Å². The van der Waals surface area contributed by atoms with Crippen LogP contribution in [0.5, 0.6) is 0 Å². The summed E-state index contributed by atoms with van der Waals surface area (Å²) in [6.45, 7) is 4.02. The number of halogens is 2. The van der Waals surface area contributed by atoms with Crippen molar-refractivity contribution in [3.8, 4) is 0 Å². The maximum absolute atomic E-state index is 11.4. The topological polar surface area (TPSA) is 63.2 Å². The number of carbonyl (C=O) groups excluding carboxylic acids is 1. The normalized spacial score (nSPS) is 9.16. The van der Waals surface area contributed by atoms with Gasteiger partial charge in [0, 0.05) is 19.9 Å². The summed E-state index contributed by atoms with van der Waals surface area (Å²) >= 11 is 0. The number of nitrogens with zero attached hydrogens (tertiary/aromatic N) is 1. The van der Waals surface area contributed by atoms with Gasteiger partial charge in [0.05, 0.1) is 25.4 Å². The lowest BCUT2D eigenvalue weighted by Gasteiger charge is -2.07. The summed E-state index contributed by atoms with van der Waals surface area (Å²) in [6.07, 6.45) is 1.73. The first-order valence-corrected chi connectivity index (χ1v) is 5.61. The van der Waals surface area contributed by atoms with Gasteiger partial charge in [0.1, 0.15) is 0 Å². The lowest BCUT2D eigenvalue weighted by atomic mass is 10.2. The SMILES string of the molecule is COCCNCC(=O)NCc1ncccc1C.Cl.Cl. The molecular weight excluding hydrogens is 289 g/mol. The smallest absolute Gasteiger partial charge is 0.234 e. The van der Waals surface area contributed by atoms with Gasteiger partial charge >= 0.3 is 0 Å². The van der Waals surface area contributed by atoms with Gasteiger partial charge in [-0.25, -0.2) is 0 Å². The molecule has 0 aliphatic heterocycles. The Morgan fingerprint density at radius 2 is 2.16 bits per heavy atom. The minimum atomic E-state index is -0.0360. The zero-order valence-corrected chi connectivity index (χ0v) is 12.8. The first-order valence-electron chi connectivity index (χ1n) is 5.61. The van der Waals surface area contributed by atoms with E-state index in [4.69, 9.17) is 4.74 Å². The molecule has 1 amide bonds. The van der Waals surface area contributed by atoms with E-state index in [0.29, 0.717) is 26.2 Å². The Balaban J connectivity index is 0. The molecule has 0 aromatic carbocycles. The number of pyridine rings is 1. The van der Waals surface area contributed by atoms with E-state index < -0.39 is 0 Å². The lowest BCUT2D eigenvalue weighted by molar-refractivity contribution is -0.120. The summed E-state index contributed by atoms with van der Waals surface area (Å²) < 4.78 is 4.86. The highest BCUT2D eigenvalue weighted by Crippen LogP contribution is 2.01. The molecule has 0 unspecified atom stereocenters. The Labute approximate surface area is 126 Å². The number of aromatic nitrogens is 1. The number of ether oxygens (including phenoxy) is 1. The molecule has 0 spiro atoms. The summed E-state index contributed by atoms with van der Waals surface area (Å²) in [5.74, 6) is -0.0360. The quantitative estimate of drug-likeness (QED) is 0.740. The Hall–Kier alpha value is -0.880. The van der Waals surface area contributed by atoms with E-state index in [1.54, 1.807) is 13.3 Å². The van der Waals surface area contributed by atoms with Crippen LogP contribution < -0.4 is 10.6 Å². The third-order valence-electron chi connectivity index (χ3n) is 2.34. The molecule has 1 aromatic rings. The van der Waals surface area contributed by atoms with Crippen LogP contribution in [0, 0.1) is 6.92 Å². The second-order valence-corrected chi connectivity index (χ2v) is 3.71. The van der Waals surface area contributed by atoms with Gasteiger partial charge in [-0.1, -0.05) is 6.07 Å². The molecule has 2 N–H and O–H groups in total. The van der Waals surface area contributed by atoms with Gasteiger partial charge in [0.25, 0.3) is 0 Å². The van der Waals surface area contributed by atoms with Crippen molar-refractivity contribution in [2.24, 2.45) is 0 Å². The average Bonchev–Trinajstić information content (AvgIpc) is 2.34. The van der Waals surface area contributed by atoms with Gasteiger partial charge in [-0.05, 0) is 18.6 Å². The number of carbonyl (C=O) groups is 1. The van der Waals surface area contributed by atoms with E-state index >= 15 is 0 Å². The molecule has 0 atom stereocenters. The number of rotatable bonds is 7. The van der Waals surface area contributed by atoms with Crippen LogP contribution in [0.3, 0.4) is 0 Å². The predicted molar refractivity (Wildman–Crippen MR) is 80.1 cm³/mol. The van der Waals surface area contributed by atoms with Gasteiger partial charge in [-0.2, -0.15) is 0 Å². The third-order valence-corrected chi connectivity index (χ3v) is 2.34. The maximum atomic E-state index is 11.4. The van der Waals surface area contributed by atoms with Gasteiger partial charge in [-0.3, -0.25) is 9.78 Å². The van der Waals surface area contributed by atoms with Crippen LogP contribution in [0.25, 0.3) is 0 Å². The van der Waals surface area contributed by atoms with Crippen molar-refractivity contribution >= 4 is 30.7 Å². The van der Waals surface area contributed by atoms with Crippen molar-refractivity contribution in [3.05, 3.63) is 29.6 Å². The molecule has 0 radical (unpaired) electrons. The zero-order chi connectivity index (χ0) is 12.5. The van der Waals surface area contributed by atoms with Crippen molar-refractivity contribution in [3.63, 3.8) is 0 Å². The van der Waals surface area contributed by atoms with Crippen LogP contribution in [0.2, 0.25) is 0 Å². The molecule has 0 fully saturated rings. The number of nitrogens with one attached hydrogen (secondary N) is 2. The number of aryl methyl sites for hydroxylation is 1. The maximum Gasteiger partial charge on any atom is 0.234 e. The summed E-state index contributed by atoms with van der Waals surface area (Å²) in [5.41, 5.74) is 1.98. The highest BCUT2D eigenvalue weighted by Gasteiger charge is 2.02. The van der Waals surface area contributed by atoms with Crippen molar-refractivity contribution in [2.75, 3.05) is 26.8 Å². The number of hydrogen-bond donors (Lipinski definition) is 2. The van der Waals surface area contributed by atoms with E-state index in [1.807, 2.05) is 19.1 Å².